The van der Waals surface area contributed by atoms with Crippen LogP contribution in [0.1, 0.15) is 48.2 Å². The van der Waals surface area contributed by atoms with Crippen molar-refractivity contribution in [3.05, 3.63) is 52.3 Å². The Bertz CT molecular complexity index is 1100. The van der Waals surface area contributed by atoms with Crippen molar-refractivity contribution >= 4 is 11.7 Å². The molecule has 0 aliphatic carbocycles. The highest BCUT2D eigenvalue weighted by Gasteiger charge is 2.37. The highest BCUT2D eigenvalue weighted by molar-refractivity contribution is 5.94. The summed E-state index contributed by atoms with van der Waals surface area (Å²) >= 11 is 0. The molecule has 1 amide bonds. The Hall–Kier alpha value is -3.21. The number of carbonyl (C=O) groups is 1. The highest BCUT2D eigenvalue weighted by Crippen LogP contribution is 2.36. The van der Waals surface area contributed by atoms with E-state index in [9.17, 15) is 14.9 Å². The van der Waals surface area contributed by atoms with Crippen molar-refractivity contribution in [2.75, 3.05) is 31.1 Å². The number of hydrogen-bond donors (Lipinski definition) is 0. The van der Waals surface area contributed by atoms with Gasteiger partial charge < -0.3 is 14.4 Å². The lowest BCUT2D eigenvalue weighted by Crippen LogP contribution is -2.49. The van der Waals surface area contributed by atoms with Gasteiger partial charge in [0.15, 0.2) is 0 Å². The minimum Gasteiger partial charge on any atom is -0.354 e. The van der Waals surface area contributed by atoms with Crippen LogP contribution in [-0.2, 0) is 6.54 Å². The molecular weight excluding hydrogens is 392 g/mol. The maximum atomic E-state index is 13.3. The van der Waals surface area contributed by atoms with Crippen LogP contribution in [0.4, 0.5) is 5.82 Å². The monoisotopic (exact) mass is 418 g/mol. The lowest BCUT2D eigenvalue weighted by molar-refractivity contribution is 0.0658. The lowest BCUT2D eigenvalue weighted by Gasteiger charge is -2.43. The van der Waals surface area contributed by atoms with E-state index in [1.807, 2.05) is 17.6 Å². The molecule has 8 nitrogen and oxygen atoms in total. The van der Waals surface area contributed by atoms with Gasteiger partial charge in [0.05, 0.1) is 17.7 Å². The normalized spacial score (nSPS) is 24.3. The highest BCUT2D eigenvalue weighted by atomic mass is 16.2. The first-order valence-corrected chi connectivity index (χ1v) is 10.9. The second kappa shape index (κ2) is 7.49. The molecule has 2 aromatic heterocycles. The minimum absolute atomic E-state index is 0.182. The van der Waals surface area contributed by atoms with E-state index < -0.39 is 0 Å². The van der Waals surface area contributed by atoms with Gasteiger partial charge in [0.1, 0.15) is 11.4 Å². The molecule has 5 rings (SSSR count). The summed E-state index contributed by atoms with van der Waals surface area (Å²) in [5, 5.41) is 9.32. The van der Waals surface area contributed by atoms with E-state index in [1.54, 1.807) is 29.6 Å². The van der Waals surface area contributed by atoms with Crippen molar-refractivity contribution in [1.29, 1.82) is 5.26 Å². The van der Waals surface area contributed by atoms with Gasteiger partial charge in [0, 0.05) is 56.7 Å². The zero-order valence-electron chi connectivity index (χ0n) is 17.7. The number of piperidine rings is 2. The second-order valence-corrected chi connectivity index (χ2v) is 9.32. The van der Waals surface area contributed by atoms with E-state index >= 15 is 0 Å². The number of likely N-dealkylation sites (tertiary alicyclic amines) is 1. The third-order valence-electron chi connectivity index (χ3n) is 7.13. The van der Waals surface area contributed by atoms with Gasteiger partial charge in [-0.15, -0.1) is 0 Å². The van der Waals surface area contributed by atoms with E-state index in [0.717, 1.165) is 31.0 Å². The second-order valence-electron chi connectivity index (χ2n) is 9.32. The molecule has 31 heavy (non-hydrogen) atoms. The van der Waals surface area contributed by atoms with E-state index in [2.05, 4.69) is 20.9 Å². The van der Waals surface area contributed by atoms with Crippen molar-refractivity contribution in [2.45, 2.75) is 38.6 Å². The van der Waals surface area contributed by atoms with E-state index in [0.29, 0.717) is 38.4 Å². The average Bonchev–Trinajstić information content (AvgIpc) is 2.80. The van der Waals surface area contributed by atoms with Crippen LogP contribution in [0.25, 0.3) is 0 Å². The summed E-state index contributed by atoms with van der Waals surface area (Å²) in [6.07, 6.45) is 7.49. The summed E-state index contributed by atoms with van der Waals surface area (Å²) in [5.74, 6) is 1.23. The van der Waals surface area contributed by atoms with Crippen LogP contribution >= 0.6 is 0 Å². The molecule has 0 spiro atoms. The van der Waals surface area contributed by atoms with Gasteiger partial charge in [0.25, 0.3) is 11.5 Å². The number of fused-ring (bicyclic) bond motifs is 4. The topological polar surface area (TPSA) is 95.1 Å². The smallest absolute Gasteiger partial charge is 0.263 e. The van der Waals surface area contributed by atoms with Crippen LogP contribution in [0.3, 0.4) is 0 Å². The number of rotatable bonds is 2. The summed E-state index contributed by atoms with van der Waals surface area (Å²) in [6, 6.07) is 6.02. The van der Waals surface area contributed by atoms with Crippen molar-refractivity contribution in [3.63, 3.8) is 0 Å². The first-order chi connectivity index (χ1) is 15.0. The molecule has 3 aliphatic rings. The fourth-order valence-corrected chi connectivity index (χ4v) is 5.24. The number of aromatic nitrogens is 3. The molecule has 0 unspecified atom stereocenters. The van der Waals surface area contributed by atoms with Gasteiger partial charge in [-0.2, -0.15) is 5.26 Å². The van der Waals surface area contributed by atoms with Gasteiger partial charge in [-0.1, -0.05) is 0 Å². The number of pyridine rings is 1. The van der Waals surface area contributed by atoms with Crippen LogP contribution in [0.15, 0.2) is 35.5 Å². The third kappa shape index (κ3) is 3.48. The predicted octanol–water partition coefficient (Wildman–Crippen LogP) is 2.03. The van der Waals surface area contributed by atoms with Gasteiger partial charge in [-0.3, -0.25) is 14.6 Å². The first-order valence-electron chi connectivity index (χ1n) is 10.9. The molecule has 2 atom stereocenters. The van der Waals surface area contributed by atoms with Crippen LogP contribution in [0.5, 0.6) is 0 Å². The van der Waals surface area contributed by atoms with Gasteiger partial charge in [-0.25, -0.2) is 4.98 Å². The van der Waals surface area contributed by atoms with Crippen LogP contribution in [0.2, 0.25) is 0 Å². The Morgan fingerprint density at radius 3 is 2.71 bits per heavy atom. The molecule has 0 N–H and O–H groups in total. The predicted molar refractivity (Wildman–Crippen MR) is 115 cm³/mol. The summed E-state index contributed by atoms with van der Waals surface area (Å²) in [5.41, 5.74) is 0.685. The fraction of sp³-hybridized carbons (Fsp3) is 0.522. The molecule has 8 heteroatoms. The summed E-state index contributed by atoms with van der Waals surface area (Å²) in [4.78, 5) is 39.0. The number of anilines is 1. The van der Waals surface area contributed by atoms with E-state index in [-0.39, 0.29) is 28.4 Å². The SMILES string of the molecule is CC1(C#N)CCN(C(=O)c2ccc3n(c2=O)C[C@H]2C[C@@H]3CN(c3cnccn3)C2)CC1. The Balaban J connectivity index is 1.38. The Morgan fingerprint density at radius 1 is 1.19 bits per heavy atom. The Kier molecular flexibility index (Phi) is 4.77. The number of nitriles is 1. The first kappa shape index (κ1) is 19.7. The lowest BCUT2D eigenvalue weighted by atomic mass is 9.81. The summed E-state index contributed by atoms with van der Waals surface area (Å²) < 4.78 is 1.82. The van der Waals surface area contributed by atoms with Crippen molar-refractivity contribution in [1.82, 2.24) is 19.4 Å². The summed E-state index contributed by atoms with van der Waals surface area (Å²) in [7, 11) is 0. The number of hydrogen-bond acceptors (Lipinski definition) is 6. The molecule has 2 saturated heterocycles. The molecule has 2 aromatic rings. The van der Waals surface area contributed by atoms with Crippen LogP contribution in [0, 0.1) is 22.7 Å². The number of amides is 1. The third-order valence-corrected chi connectivity index (χ3v) is 7.13. The average molecular weight is 419 g/mol. The van der Waals surface area contributed by atoms with Gasteiger partial charge >= 0.3 is 0 Å². The largest absolute Gasteiger partial charge is 0.354 e. The zero-order chi connectivity index (χ0) is 21.6. The van der Waals surface area contributed by atoms with Crippen LogP contribution in [-0.4, -0.2) is 51.5 Å². The zero-order valence-corrected chi connectivity index (χ0v) is 17.7. The Morgan fingerprint density at radius 2 is 2.00 bits per heavy atom. The molecule has 0 aromatic carbocycles. The van der Waals surface area contributed by atoms with Crippen LogP contribution < -0.4 is 10.5 Å². The van der Waals surface area contributed by atoms with Crippen molar-refractivity contribution < 1.29 is 4.79 Å². The maximum absolute atomic E-state index is 13.3. The minimum atomic E-state index is -0.381. The van der Waals surface area contributed by atoms with E-state index in [1.165, 1.54) is 0 Å². The Labute approximate surface area is 181 Å². The number of carbonyl (C=O) groups excluding carboxylic acids is 1. The van der Waals surface area contributed by atoms with E-state index in [4.69, 9.17) is 0 Å². The molecule has 5 heterocycles. The molecule has 2 bridgehead atoms. The van der Waals surface area contributed by atoms with Gasteiger partial charge in [-0.05, 0) is 44.2 Å². The summed E-state index contributed by atoms with van der Waals surface area (Å²) in [6.45, 7) is 5.21. The molecule has 0 saturated carbocycles. The molecule has 3 aliphatic heterocycles. The standard InChI is InChI=1S/C23H26N6O2/c1-23(15-24)4-8-27(9-5-23)21(30)18-2-3-19-17-10-16(13-29(19)22(18)31)12-28(14-17)20-11-25-6-7-26-20/h2-3,6-7,11,16-17H,4-5,8-10,12-14H2,1H3/t16-,17+/m0/s1. The molecule has 160 valence electrons. The maximum Gasteiger partial charge on any atom is 0.263 e. The number of nitrogens with zero attached hydrogens (tertiary/aromatic N) is 6. The van der Waals surface area contributed by atoms with Gasteiger partial charge in [0.2, 0.25) is 0 Å². The molecule has 0 radical (unpaired) electrons. The van der Waals surface area contributed by atoms with Crippen molar-refractivity contribution in [3.8, 4) is 6.07 Å². The molecular formula is C23H26N6O2. The fourth-order valence-electron chi connectivity index (χ4n) is 5.24. The van der Waals surface area contributed by atoms with Crippen molar-refractivity contribution in [2.24, 2.45) is 11.3 Å². The molecule has 2 fully saturated rings. The quantitative estimate of drug-likeness (QED) is 0.741.